The quantitative estimate of drug-likeness (QED) is 0.0105. The van der Waals surface area contributed by atoms with Crippen molar-refractivity contribution in [1.82, 2.24) is 30.9 Å². The minimum Gasteiger partial charge on any atom is -0.869 e. The van der Waals surface area contributed by atoms with Crippen LogP contribution >= 0.6 is 61.8 Å². The third-order valence-electron chi connectivity index (χ3n) is 13.4. The van der Waals surface area contributed by atoms with Gasteiger partial charge in [-0.3, -0.25) is 24.0 Å². The number of hydrogen-bond donors (Lipinski definition) is 8. The van der Waals surface area contributed by atoms with E-state index in [4.69, 9.17) is 63.7 Å². The molecule has 96 heavy (non-hydrogen) atoms. The van der Waals surface area contributed by atoms with Crippen molar-refractivity contribution < 1.29 is 48.0 Å². The zero-order valence-electron chi connectivity index (χ0n) is 50.8. The largest absolute Gasteiger partial charge is 0.869 e. The van der Waals surface area contributed by atoms with E-state index >= 15 is 0 Å². The third kappa shape index (κ3) is 19.9. The Labute approximate surface area is 579 Å². The Morgan fingerprint density at radius 1 is 0.667 bits per heavy atom. The molecule has 0 bridgehead atoms. The number of thiophene rings is 2. The Balaban J connectivity index is 0.000000157. The van der Waals surface area contributed by atoms with E-state index in [-0.39, 0.29) is 54.7 Å². The van der Waals surface area contributed by atoms with Crippen molar-refractivity contribution in [1.29, 1.82) is 0 Å². The fraction of sp³-hybridized carbons (Fsp3) is 0.0725. The highest BCUT2D eigenvalue weighted by Gasteiger charge is 2.26. The number of nitrogens with one attached hydrogen (secondary N) is 3. The fourth-order valence-corrected chi connectivity index (χ4v) is 12.4. The van der Waals surface area contributed by atoms with Crippen molar-refractivity contribution in [3.63, 3.8) is 0 Å². The standard InChI is InChI=1S/C23H16ClN3O3S.C23H19N3O3S.C17H13BrClN3O2.C6H7BO3S/c1-13(28)19-4-5-20(31-19)15-8-16-9-17(30-23(16)18(24)10-15)12-27-22(29)7-3-14-2-6-21(25)26-11-14;1-14(27)20-6-7-21(30-20)16-4-5-19-17(10-16)11-18(29-19)13-26-23(28)9-3-15-2-8-22(24)25-12-15;18-12-5-11-6-13(24-17(11)14(19)7-12)9-22-16(23)4-2-10-1-3-15(20)21-8-10;1-4(8)5-2-3-6(11-5)7(9)10/h2-11H,1,12H2,(H2-2,25,26,27,28,29);2-12H,13H2,1H3,(H2,24,25)(H,26,28);1-8H,9H2,(H2,20,21)(H,22,23);2-3,9-10H,1H3/p+1/b;9-3+;4-2+;. The highest BCUT2D eigenvalue weighted by molar-refractivity contribution is 9.10. The molecule has 7 aromatic heterocycles. The molecule has 0 aliphatic carbocycles. The molecule has 3 aromatic carbocycles. The Kier molecular flexibility index (Phi) is 23.9. The number of aromatic nitrogens is 3. The second-order valence-electron chi connectivity index (χ2n) is 20.7. The Hall–Kier alpha value is -10.2. The van der Waals surface area contributed by atoms with Crippen LogP contribution in [0.15, 0.2) is 200 Å². The first-order chi connectivity index (χ1) is 46.0. The van der Waals surface area contributed by atoms with Gasteiger partial charge in [-0.1, -0.05) is 45.2 Å². The first kappa shape index (κ1) is 70.1. The number of rotatable bonds is 17. The summed E-state index contributed by atoms with van der Waals surface area (Å²) in [6.45, 7) is 7.21. The molecule has 27 heteroatoms. The van der Waals surface area contributed by atoms with Crippen LogP contribution in [0.25, 0.3) is 61.6 Å². The van der Waals surface area contributed by atoms with E-state index in [1.807, 2.05) is 66.7 Å². The number of nitrogens with two attached hydrogens (primary N) is 3. The minimum atomic E-state index is -1.46. The molecule has 0 spiro atoms. The van der Waals surface area contributed by atoms with Gasteiger partial charge >= 0.3 is 18.3 Å². The smallest absolute Gasteiger partial charge is 0.499 e. The first-order valence-electron chi connectivity index (χ1n) is 28.7. The number of halogens is 3. The summed E-state index contributed by atoms with van der Waals surface area (Å²) in [4.78, 5) is 74.0. The summed E-state index contributed by atoms with van der Waals surface area (Å²) < 4.78 is 18.6. The molecule has 3 amide bonds. The molecule has 12 rings (SSSR count). The number of carbonyl (C=O) groups excluding carboxylic acids is 5. The van der Waals surface area contributed by atoms with Gasteiger partial charge in [0.25, 0.3) is 0 Å². The highest BCUT2D eigenvalue weighted by atomic mass is 79.9. The van der Waals surface area contributed by atoms with Crippen LogP contribution in [-0.2, 0) is 38.8 Å². The van der Waals surface area contributed by atoms with Crippen molar-refractivity contribution in [2.24, 2.45) is 0 Å². The fourth-order valence-electron chi connectivity index (χ4n) is 8.72. The number of anilines is 3. The van der Waals surface area contributed by atoms with E-state index in [0.717, 1.165) is 79.9 Å². The summed E-state index contributed by atoms with van der Waals surface area (Å²) in [7, 11) is -1.46. The van der Waals surface area contributed by atoms with Gasteiger partial charge in [0.2, 0.25) is 38.8 Å². The van der Waals surface area contributed by atoms with Crippen LogP contribution in [0, 0.1) is 0 Å². The number of amides is 3. The molecule has 11 N–H and O–H groups in total. The molecule has 10 aromatic rings. The molecule has 0 saturated heterocycles. The van der Waals surface area contributed by atoms with Gasteiger partial charge in [-0.15, -0.1) is 29.3 Å². The molecular formula is C69H56BBrCl2N9O11S3+. The molecular weight excluding hydrogens is 1390 g/mol. The number of carbonyl (C=O) groups is 5. The third-order valence-corrected chi connectivity index (χ3v) is 18.1. The number of ketones is 2. The molecule has 0 saturated carbocycles. The average Bonchev–Trinajstić information content (AvgIpc) is 1.69. The summed E-state index contributed by atoms with van der Waals surface area (Å²) in [6, 6.07) is 34.3. The lowest BCUT2D eigenvalue weighted by molar-refractivity contribution is -0.288. The Morgan fingerprint density at radius 2 is 1.22 bits per heavy atom. The topological polar surface area (TPSA) is 339 Å². The maximum atomic E-state index is 12.1. The van der Waals surface area contributed by atoms with Crippen LogP contribution in [0.3, 0.4) is 0 Å². The molecule has 0 atom stereocenters. The van der Waals surface area contributed by atoms with Crippen LogP contribution in [0.4, 0.5) is 17.5 Å². The number of allylic oxidation sites excluding steroid dienone is 1. The van der Waals surface area contributed by atoms with Gasteiger partial charge in [0.05, 0.1) is 39.5 Å². The van der Waals surface area contributed by atoms with Gasteiger partial charge in [0, 0.05) is 79.1 Å². The number of nitrogens with zero attached hydrogens (tertiary/aromatic N) is 3. The number of Topliss-reactive ketones (excluding diaryl/α,β-unsaturated/α-hetero) is 2. The number of hydrogen-bond acceptors (Lipinski definition) is 18. The number of nitrogen functional groups attached to an aromatic ring is 3. The lowest BCUT2D eigenvalue weighted by atomic mass is 9.90. The first-order valence-corrected chi connectivity index (χ1v) is 32.7. The summed E-state index contributed by atoms with van der Waals surface area (Å²) in [5, 5.41) is 40.8. The summed E-state index contributed by atoms with van der Waals surface area (Å²) >= 11 is 19.8. The van der Waals surface area contributed by atoms with E-state index < -0.39 is 7.12 Å². The average molecular weight is 1450 g/mol. The maximum absolute atomic E-state index is 12.1. The molecule has 0 unspecified atom stereocenters. The van der Waals surface area contributed by atoms with Crippen molar-refractivity contribution >= 4 is 188 Å². The predicted molar refractivity (Wildman–Crippen MR) is 387 cm³/mol. The van der Waals surface area contributed by atoms with Gasteiger partial charge in [-0.25, -0.2) is 19.4 Å². The molecule has 0 fully saturated rings. The van der Waals surface area contributed by atoms with Crippen LogP contribution in [-0.4, -0.2) is 72.8 Å². The predicted octanol–water partition coefficient (Wildman–Crippen LogP) is 9.38. The zero-order chi connectivity index (χ0) is 68.6. The van der Waals surface area contributed by atoms with Crippen LogP contribution in [0.5, 0.6) is 0 Å². The van der Waals surface area contributed by atoms with Gasteiger partial charge in [-0.05, 0) is 169 Å². The number of pyridine rings is 3. The monoisotopic (exact) mass is 1440 g/mol. The Bertz CT molecular complexity index is 4940. The lowest BCUT2D eigenvalue weighted by Gasteiger charge is -1.99. The molecule has 484 valence electrons. The van der Waals surface area contributed by atoms with Crippen LogP contribution in [0.1, 0.15) is 67.0 Å². The van der Waals surface area contributed by atoms with E-state index in [0.29, 0.717) is 70.3 Å². The maximum Gasteiger partial charge on any atom is 0.499 e. The van der Waals surface area contributed by atoms with E-state index in [2.05, 4.69) is 53.4 Å². The second kappa shape index (κ2) is 32.8. The van der Waals surface area contributed by atoms with Crippen molar-refractivity contribution in [3.8, 4) is 10.4 Å². The molecule has 0 radical (unpaired) electrons. The number of fused-ring (bicyclic) bond motifs is 3. The number of benzene rings is 3. The summed E-state index contributed by atoms with van der Waals surface area (Å²) in [6.07, 6.45) is 19.5. The van der Waals surface area contributed by atoms with Crippen LogP contribution in [0.2, 0.25) is 10.0 Å². The van der Waals surface area contributed by atoms with Gasteiger partial charge in [0.15, 0.2) is 17.1 Å². The normalized spacial score (nSPS) is 12.6. The molecule has 20 nitrogen and oxygen atoms in total. The minimum absolute atomic E-state index is 0.0538. The highest BCUT2D eigenvalue weighted by Crippen LogP contribution is 2.33. The van der Waals surface area contributed by atoms with E-state index in [1.54, 1.807) is 104 Å². The van der Waals surface area contributed by atoms with Crippen molar-refractivity contribution in [2.75, 3.05) is 23.7 Å². The molecule has 2 aliphatic heterocycles. The Morgan fingerprint density at radius 3 is 1.73 bits per heavy atom. The summed E-state index contributed by atoms with van der Waals surface area (Å²) in [5.74, 6) is 2.21. The second-order valence-corrected chi connectivity index (χ2v) is 25.7. The van der Waals surface area contributed by atoms with Gasteiger partial charge in [0.1, 0.15) is 46.1 Å². The van der Waals surface area contributed by atoms with Crippen molar-refractivity contribution in [2.45, 2.75) is 26.9 Å². The molecule has 2 aliphatic rings. The van der Waals surface area contributed by atoms with E-state index in [9.17, 15) is 29.1 Å². The lowest BCUT2D eigenvalue weighted by Crippen LogP contribution is -2.26. The van der Waals surface area contributed by atoms with Crippen molar-refractivity contribution in [3.05, 3.63) is 255 Å². The molecule has 9 heterocycles. The van der Waals surface area contributed by atoms with Crippen LogP contribution < -0.4 is 53.7 Å². The summed E-state index contributed by atoms with van der Waals surface area (Å²) in [5.41, 5.74) is 22.7. The van der Waals surface area contributed by atoms with Gasteiger partial charge in [-0.2, -0.15) is 0 Å². The zero-order valence-corrected chi connectivity index (χ0v) is 56.4. The van der Waals surface area contributed by atoms with Gasteiger partial charge < -0.3 is 57.1 Å². The van der Waals surface area contributed by atoms with E-state index in [1.165, 1.54) is 53.9 Å². The SMILES string of the molecule is C=C([O-])C1=[S+]C(=c2cc(Cl)c3c(c2)C=C(CNC(=O)/C=C/c2ccc(N)nc2)[O+]=3)C=C1.CC(=O)c1ccc(-c2ccc3oc(CNC(=O)/C=C/c4ccc(N)nc4)cc3c2)s1.CC(=O)c1ccc(B(O)O)s1.Nc1ccc(/C=C/C(=O)NCc2cc3cc(Br)cc(Cl)c3o2)cn1. The number of furan rings is 2.